The third kappa shape index (κ3) is 4.64. The molecule has 0 spiro atoms. The van der Waals surface area contributed by atoms with E-state index < -0.39 is 0 Å². The first-order valence-electron chi connectivity index (χ1n) is 7.76. The van der Waals surface area contributed by atoms with Crippen LogP contribution < -0.4 is 14.8 Å². The third-order valence-electron chi connectivity index (χ3n) is 3.35. The van der Waals surface area contributed by atoms with Gasteiger partial charge in [-0.25, -0.2) is 0 Å². The number of carbonyl (C=O) groups is 2. The van der Waals surface area contributed by atoms with Crippen molar-refractivity contribution in [1.82, 2.24) is 10.2 Å². The van der Waals surface area contributed by atoms with E-state index in [0.29, 0.717) is 23.1 Å². The normalized spacial score (nSPS) is 12.7. The minimum Gasteiger partial charge on any atom is -0.454 e. The Balaban J connectivity index is 2.03. The number of likely N-dealkylation sites (N-methyl/N-ethyl adjacent to an activating group) is 1. The van der Waals surface area contributed by atoms with Crippen LogP contribution in [0.5, 0.6) is 11.5 Å². The average Bonchev–Trinajstić information content (AvgIpc) is 2.98. The molecule has 2 rings (SSSR count). The van der Waals surface area contributed by atoms with Crippen LogP contribution >= 0.6 is 11.6 Å². The van der Waals surface area contributed by atoms with Gasteiger partial charge in [0.2, 0.25) is 18.6 Å². The molecule has 130 valence electrons. The van der Waals surface area contributed by atoms with Gasteiger partial charge in [-0.05, 0) is 44.5 Å². The molecule has 6 nitrogen and oxygen atoms in total. The lowest BCUT2D eigenvalue weighted by Crippen LogP contribution is -2.42. The van der Waals surface area contributed by atoms with Crippen molar-refractivity contribution in [2.75, 3.05) is 19.9 Å². The fourth-order valence-electron chi connectivity index (χ4n) is 2.24. The molecule has 1 aromatic rings. The standard InChI is InChI=1S/C17H21ClN2O4/c1-4-20(9-15(21)19-11(2)3)16(22)6-5-12-7-13(18)17-14(8-12)23-10-24-17/h5-8,11H,4,9-10H2,1-3H3,(H,19,21)/b6-5+. The largest absolute Gasteiger partial charge is 0.454 e. The van der Waals surface area contributed by atoms with Crippen LogP contribution in [-0.2, 0) is 9.59 Å². The molecule has 1 heterocycles. The van der Waals surface area contributed by atoms with Gasteiger partial charge >= 0.3 is 0 Å². The summed E-state index contributed by atoms with van der Waals surface area (Å²) < 4.78 is 10.5. The molecule has 0 aromatic heterocycles. The Morgan fingerprint density at radius 1 is 1.38 bits per heavy atom. The number of carbonyl (C=O) groups excluding carboxylic acids is 2. The van der Waals surface area contributed by atoms with E-state index >= 15 is 0 Å². The summed E-state index contributed by atoms with van der Waals surface area (Å²) in [5, 5.41) is 3.20. The molecule has 0 atom stereocenters. The number of fused-ring (bicyclic) bond motifs is 1. The highest BCUT2D eigenvalue weighted by atomic mass is 35.5. The van der Waals surface area contributed by atoms with Crippen LogP contribution in [0.25, 0.3) is 6.08 Å². The molecule has 0 saturated carbocycles. The zero-order valence-corrected chi connectivity index (χ0v) is 14.7. The fraction of sp³-hybridized carbons (Fsp3) is 0.412. The molecule has 1 N–H and O–H groups in total. The van der Waals surface area contributed by atoms with E-state index in [9.17, 15) is 9.59 Å². The minimum absolute atomic E-state index is 0.0275. The van der Waals surface area contributed by atoms with E-state index in [-0.39, 0.29) is 31.2 Å². The summed E-state index contributed by atoms with van der Waals surface area (Å²) in [6.45, 7) is 6.18. The van der Waals surface area contributed by atoms with E-state index in [1.165, 1.54) is 11.0 Å². The first-order valence-corrected chi connectivity index (χ1v) is 8.14. The van der Waals surface area contributed by atoms with Gasteiger partial charge in [-0.15, -0.1) is 0 Å². The average molecular weight is 353 g/mol. The molecular weight excluding hydrogens is 332 g/mol. The Hall–Kier alpha value is -2.21. The summed E-state index contributed by atoms with van der Waals surface area (Å²) in [4.78, 5) is 25.5. The summed E-state index contributed by atoms with van der Waals surface area (Å²) in [5.74, 6) is 0.642. The van der Waals surface area contributed by atoms with Gasteiger partial charge < -0.3 is 19.7 Å². The second-order valence-electron chi connectivity index (χ2n) is 5.64. The molecule has 1 aliphatic rings. The van der Waals surface area contributed by atoms with Crippen LogP contribution in [-0.4, -0.2) is 42.6 Å². The lowest BCUT2D eigenvalue weighted by Gasteiger charge is -2.19. The van der Waals surface area contributed by atoms with Gasteiger partial charge in [-0.3, -0.25) is 9.59 Å². The summed E-state index contributed by atoms with van der Waals surface area (Å²) in [6.07, 6.45) is 3.05. The fourth-order valence-corrected chi connectivity index (χ4v) is 2.52. The lowest BCUT2D eigenvalue weighted by atomic mass is 10.2. The van der Waals surface area contributed by atoms with Gasteiger partial charge in [0.15, 0.2) is 11.5 Å². The van der Waals surface area contributed by atoms with E-state index in [1.54, 1.807) is 18.2 Å². The molecule has 24 heavy (non-hydrogen) atoms. The first-order chi connectivity index (χ1) is 11.4. The zero-order chi connectivity index (χ0) is 17.7. The van der Waals surface area contributed by atoms with Gasteiger partial charge in [0.25, 0.3) is 0 Å². The number of nitrogens with zero attached hydrogens (tertiary/aromatic N) is 1. The molecule has 0 saturated heterocycles. The third-order valence-corrected chi connectivity index (χ3v) is 3.63. The van der Waals surface area contributed by atoms with Crippen molar-refractivity contribution < 1.29 is 19.1 Å². The zero-order valence-electron chi connectivity index (χ0n) is 14.0. The van der Waals surface area contributed by atoms with Gasteiger partial charge in [0.1, 0.15) is 0 Å². The second kappa shape index (κ2) is 8.06. The van der Waals surface area contributed by atoms with Crippen LogP contribution in [0, 0.1) is 0 Å². The summed E-state index contributed by atoms with van der Waals surface area (Å²) in [6, 6.07) is 3.48. The highest BCUT2D eigenvalue weighted by Crippen LogP contribution is 2.40. The van der Waals surface area contributed by atoms with E-state index in [2.05, 4.69) is 5.32 Å². The van der Waals surface area contributed by atoms with Crippen molar-refractivity contribution >= 4 is 29.5 Å². The number of ether oxygens (including phenoxy) is 2. The smallest absolute Gasteiger partial charge is 0.247 e. The number of benzene rings is 1. The molecule has 1 aliphatic heterocycles. The number of amides is 2. The Kier molecular flexibility index (Phi) is 6.09. The highest BCUT2D eigenvalue weighted by molar-refractivity contribution is 6.32. The van der Waals surface area contributed by atoms with Gasteiger partial charge in [-0.2, -0.15) is 0 Å². The molecule has 0 radical (unpaired) electrons. The predicted molar refractivity (Wildman–Crippen MR) is 92.1 cm³/mol. The van der Waals surface area contributed by atoms with E-state index in [4.69, 9.17) is 21.1 Å². The summed E-state index contributed by atoms with van der Waals surface area (Å²) in [7, 11) is 0. The van der Waals surface area contributed by atoms with Crippen LogP contribution in [0.1, 0.15) is 26.3 Å². The number of rotatable bonds is 6. The van der Waals surface area contributed by atoms with Crippen molar-refractivity contribution in [2.45, 2.75) is 26.8 Å². The molecular formula is C17H21ClN2O4. The van der Waals surface area contributed by atoms with Crippen LogP contribution in [0.4, 0.5) is 0 Å². The minimum atomic E-state index is -0.245. The Morgan fingerprint density at radius 3 is 2.79 bits per heavy atom. The van der Waals surface area contributed by atoms with Crippen molar-refractivity contribution in [3.8, 4) is 11.5 Å². The molecule has 0 fully saturated rings. The molecule has 0 bridgehead atoms. The van der Waals surface area contributed by atoms with Crippen molar-refractivity contribution in [3.63, 3.8) is 0 Å². The van der Waals surface area contributed by atoms with Gasteiger partial charge in [-0.1, -0.05) is 11.6 Å². The van der Waals surface area contributed by atoms with Gasteiger partial charge in [0, 0.05) is 18.7 Å². The number of halogens is 1. The summed E-state index contributed by atoms with van der Waals surface area (Å²) in [5.41, 5.74) is 0.722. The predicted octanol–water partition coefficient (Wildman–Crippen LogP) is 2.46. The van der Waals surface area contributed by atoms with Crippen molar-refractivity contribution in [2.24, 2.45) is 0 Å². The number of hydrogen-bond acceptors (Lipinski definition) is 4. The van der Waals surface area contributed by atoms with Crippen molar-refractivity contribution in [3.05, 3.63) is 28.8 Å². The van der Waals surface area contributed by atoms with E-state index in [0.717, 1.165) is 5.56 Å². The maximum absolute atomic E-state index is 12.3. The topological polar surface area (TPSA) is 67.9 Å². The Morgan fingerprint density at radius 2 is 2.12 bits per heavy atom. The monoisotopic (exact) mass is 352 g/mol. The number of nitrogens with one attached hydrogen (secondary N) is 1. The highest BCUT2D eigenvalue weighted by Gasteiger charge is 2.18. The van der Waals surface area contributed by atoms with Gasteiger partial charge in [0.05, 0.1) is 11.6 Å². The SMILES string of the molecule is CCN(CC(=O)NC(C)C)C(=O)/C=C/c1cc(Cl)c2c(c1)OCO2. The second-order valence-corrected chi connectivity index (χ2v) is 6.05. The molecule has 1 aromatic carbocycles. The molecule has 0 unspecified atom stereocenters. The Labute approximate surface area is 146 Å². The van der Waals surface area contributed by atoms with E-state index in [1.807, 2.05) is 20.8 Å². The first kappa shape index (κ1) is 18.1. The van der Waals surface area contributed by atoms with Crippen LogP contribution in [0.3, 0.4) is 0 Å². The number of hydrogen-bond donors (Lipinski definition) is 1. The quantitative estimate of drug-likeness (QED) is 0.798. The molecule has 2 amide bonds. The maximum atomic E-state index is 12.3. The molecule has 7 heteroatoms. The van der Waals surface area contributed by atoms with Crippen LogP contribution in [0.15, 0.2) is 18.2 Å². The summed E-state index contributed by atoms with van der Waals surface area (Å²) >= 11 is 6.11. The van der Waals surface area contributed by atoms with Crippen molar-refractivity contribution in [1.29, 1.82) is 0 Å². The maximum Gasteiger partial charge on any atom is 0.247 e. The lowest BCUT2D eigenvalue weighted by molar-refractivity contribution is -0.132. The molecule has 0 aliphatic carbocycles. The van der Waals surface area contributed by atoms with Crippen LogP contribution in [0.2, 0.25) is 5.02 Å². The Bertz CT molecular complexity index is 658.